The van der Waals surface area contributed by atoms with Crippen LogP contribution in [0.5, 0.6) is 0 Å². The van der Waals surface area contributed by atoms with Crippen LogP contribution in [0.4, 0.5) is 0 Å². The number of H-pyrrole nitrogens is 1. The second kappa shape index (κ2) is 6.43. The maximum Gasteiger partial charge on any atom is 0.345 e. The Morgan fingerprint density at radius 1 is 1.04 bits per heavy atom. The molecule has 0 atom stereocenters. The smallest absolute Gasteiger partial charge is 0.345 e. The average molecular weight is 391 g/mol. The summed E-state index contributed by atoms with van der Waals surface area (Å²) in [6.45, 7) is 0. The van der Waals surface area contributed by atoms with E-state index < -0.39 is 5.63 Å². The molecule has 136 valence electrons. The molecule has 5 rings (SSSR count). The number of tetrazole rings is 1. The first-order chi connectivity index (χ1) is 13.7. The molecular formula is C19H11ClN6O2. The summed E-state index contributed by atoms with van der Waals surface area (Å²) in [6, 6.07) is 16.3. The molecule has 0 amide bonds. The van der Waals surface area contributed by atoms with Crippen LogP contribution in [0.3, 0.4) is 0 Å². The SMILES string of the molecule is O=c1oc2ccc(Cl)cc2cc1-c1nn(-c2ccccc2)cc1-c1nn[nH]n1. The van der Waals surface area contributed by atoms with Crippen molar-refractivity contribution in [2.45, 2.75) is 0 Å². The molecule has 0 aliphatic carbocycles. The van der Waals surface area contributed by atoms with Gasteiger partial charge in [-0.3, -0.25) is 0 Å². The average Bonchev–Trinajstić information content (AvgIpc) is 3.38. The van der Waals surface area contributed by atoms with E-state index >= 15 is 0 Å². The largest absolute Gasteiger partial charge is 0.422 e. The van der Waals surface area contributed by atoms with Crippen LogP contribution in [0.2, 0.25) is 5.02 Å². The normalized spacial score (nSPS) is 11.2. The van der Waals surface area contributed by atoms with Gasteiger partial charge in [-0.15, -0.1) is 10.2 Å². The van der Waals surface area contributed by atoms with Crippen molar-refractivity contribution in [2.24, 2.45) is 0 Å². The van der Waals surface area contributed by atoms with Gasteiger partial charge in [0.15, 0.2) is 0 Å². The van der Waals surface area contributed by atoms with E-state index in [1.54, 1.807) is 35.1 Å². The summed E-state index contributed by atoms with van der Waals surface area (Å²) >= 11 is 6.08. The fourth-order valence-corrected chi connectivity index (χ4v) is 3.17. The number of fused-ring (bicyclic) bond motifs is 1. The number of nitrogens with one attached hydrogen (secondary N) is 1. The minimum absolute atomic E-state index is 0.282. The van der Waals surface area contributed by atoms with Crippen LogP contribution in [0.25, 0.3) is 39.3 Å². The maximum absolute atomic E-state index is 12.7. The molecule has 28 heavy (non-hydrogen) atoms. The third kappa shape index (κ3) is 2.76. The van der Waals surface area contributed by atoms with Crippen molar-refractivity contribution >= 4 is 22.6 Å². The van der Waals surface area contributed by atoms with Gasteiger partial charge in [-0.2, -0.15) is 10.3 Å². The Kier molecular flexibility index (Phi) is 3.77. The van der Waals surface area contributed by atoms with E-state index in [0.717, 1.165) is 5.69 Å². The highest BCUT2D eigenvalue weighted by molar-refractivity contribution is 6.31. The molecule has 0 aliphatic heterocycles. The van der Waals surface area contributed by atoms with E-state index in [9.17, 15) is 4.79 Å². The van der Waals surface area contributed by atoms with Crippen LogP contribution in [0, 0.1) is 0 Å². The Hall–Kier alpha value is -3.78. The van der Waals surface area contributed by atoms with Crippen molar-refractivity contribution < 1.29 is 4.42 Å². The number of rotatable bonds is 3. The van der Waals surface area contributed by atoms with E-state index in [0.29, 0.717) is 33.1 Å². The standard InChI is InChI=1S/C19H11ClN6O2/c20-12-6-7-16-11(8-12)9-14(19(27)28-16)17-15(18-21-24-25-22-18)10-26(23-17)13-4-2-1-3-5-13/h1-10H,(H,21,22,24,25). The van der Waals surface area contributed by atoms with Crippen molar-refractivity contribution in [3.63, 3.8) is 0 Å². The predicted molar refractivity (Wildman–Crippen MR) is 103 cm³/mol. The first kappa shape index (κ1) is 16.4. The lowest BCUT2D eigenvalue weighted by Crippen LogP contribution is -2.04. The van der Waals surface area contributed by atoms with E-state index in [2.05, 4.69) is 25.7 Å². The highest BCUT2D eigenvalue weighted by Crippen LogP contribution is 2.30. The molecule has 0 saturated carbocycles. The molecule has 0 bridgehead atoms. The summed E-state index contributed by atoms with van der Waals surface area (Å²) in [4.78, 5) is 12.7. The van der Waals surface area contributed by atoms with E-state index in [-0.39, 0.29) is 5.56 Å². The predicted octanol–water partition coefficient (Wildman–Crippen LogP) is 3.48. The summed E-state index contributed by atoms with van der Waals surface area (Å²) in [5.41, 5.74) is 1.97. The molecule has 2 aromatic carbocycles. The van der Waals surface area contributed by atoms with Gasteiger partial charge in [0.1, 0.15) is 11.3 Å². The molecule has 0 spiro atoms. The van der Waals surface area contributed by atoms with Crippen molar-refractivity contribution in [1.82, 2.24) is 30.4 Å². The summed E-state index contributed by atoms with van der Waals surface area (Å²) in [5, 5.41) is 19.9. The van der Waals surface area contributed by atoms with E-state index in [1.807, 2.05) is 30.3 Å². The van der Waals surface area contributed by atoms with Crippen molar-refractivity contribution in [1.29, 1.82) is 0 Å². The quantitative estimate of drug-likeness (QED) is 0.473. The molecule has 3 aromatic heterocycles. The summed E-state index contributed by atoms with van der Waals surface area (Å²) in [5.74, 6) is 0.322. The van der Waals surface area contributed by atoms with Gasteiger partial charge in [0.2, 0.25) is 5.82 Å². The second-order valence-electron chi connectivity index (χ2n) is 6.04. The lowest BCUT2D eigenvalue weighted by molar-refractivity contribution is 0.563. The molecule has 0 radical (unpaired) electrons. The molecule has 5 aromatic rings. The van der Waals surface area contributed by atoms with Gasteiger partial charge in [0.25, 0.3) is 0 Å². The summed E-state index contributed by atoms with van der Waals surface area (Å²) < 4.78 is 7.12. The number of nitrogens with zero attached hydrogens (tertiary/aromatic N) is 5. The minimum atomic E-state index is -0.516. The number of hydrogen-bond acceptors (Lipinski definition) is 6. The van der Waals surface area contributed by atoms with Crippen LogP contribution >= 0.6 is 11.6 Å². The van der Waals surface area contributed by atoms with Gasteiger partial charge >= 0.3 is 5.63 Å². The molecule has 9 heteroatoms. The zero-order valence-electron chi connectivity index (χ0n) is 14.2. The van der Waals surface area contributed by atoms with Crippen molar-refractivity contribution in [2.75, 3.05) is 0 Å². The Morgan fingerprint density at radius 3 is 2.68 bits per heavy atom. The van der Waals surface area contributed by atoms with Crippen LogP contribution in [-0.2, 0) is 0 Å². The van der Waals surface area contributed by atoms with Crippen LogP contribution in [0.1, 0.15) is 0 Å². The monoisotopic (exact) mass is 390 g/mol. The number of para-hydroxylation sites is 1. The zero-order valence-corrected chi connectivity index (χ0v) is 15.0. The number of benzene rings is 2. The van der Waals surface area contributed by atoms with Crippen LogP contribution in [-0.4, -0.2) is 30.4 Å². The second-order valence-corrected chi connectivity index (χ2v) is 6.47. The Labute approximate surface area is 162 Å². The molecule has 0 saturated heterocycles. The molecule has 0 unspecified atom stereocenters. The molecule has 0 fully saturated rings. The molecule has 8 nitrogen and oxygen atoms in total. The Bertz CT molecular complexity index is 1340. The Morgan fingerprint density at radius 2 is 1.89 bits per heavy atom. The summed E-state index contributed by atoms with van der Waals surface area (Å²) in [7, 11) is 0. The van der Waals surface area contributed by atoms with Crippen LogP contribution < -0.4 is 5.63 Å². The summed E-state index contributed by atoms with van der Waals surface area (Å²) in [6.07, 6.45) is 1.75. The molecule has 1 N–H and O–H groups in total. The highest BCUT2D eigenvalue weighted by atomic mass is 35.5. The van der Waals surface area contributed by atoms with Crippen LogP contribution in [0.15, 0.2) is 70.0 Å². The fourth-order valence-electron chi connectivity index (χ4n) is 2.98. The highest BCUT2D eigenvalue weighted by Gasteiger charge is 2.21. The third-order valence-electron chi connectivity index (χ3n) is 4.27. The fraction of sp³-hybridized carbons (Fsp3) is 0. The molecule has 0 aliphatic rings. The number of hydrogen-bond donors (Lipinski definition) is 1. The van der Waals surface area contributed by atoms with Gasteiger partial charge in [0.05, 0.1) is 16.8 Å². The van der Waals surface area contributed by atoms with Crippen molar-refractivity contribution in [3.05, 3.63) is 76.2 Å². The molecular weight excluding hydrogens is 380 g/mol. The first-order valence-electron chi connectivity index (χ1n) is 8.32. The zero-order chi connectivity index (χ0) is 19.1. The van der Waals surface area contributed by atoms with E-state index in [1.165, 1.54) is 0 Å². The van der Waals surface area contributed by atoms with Gasteiger partial charge in [-0.25, -0.2) is 9.48 Å². The van der Waals surface area contributed by atoms with Gasteiger partial charge in [0, 0.05) is 16.6 Å². The lowest BCUT2D eigenvalue weighted by atomic mass is 10.1. The first-order valence-corrected chi connectivity index (χ1v) is 8.69. The number of halogens is 1. The third-order valence-corrected chi connectivity index (χ3v) is 4.51. The molecule has 3 heterocycles. The number of aromatic nitrogens is 6. The topological polar surface area (TPSA) is 102 Å². The minimum Gasteiger partial charge on any atom is -0.422 e. The van der Waals surface area contributed by atoms with E-state index in [4.69, 9.17) is 16.0 Å². The lowest BCUT2D eigenvalue weighted by Gasteiger charge is -2.02. The maximum atomic E-state index is 12.7. The van der Waals surface area contributed by atoms with Gasteiger partial charge < -0.3 is 4.42 Å². The Balaban J connectivity index is 1.77. The van der Waals surface area contributed by atoms with Crippen molar-refractivity contribution in [3.8, 4) is 28.3 Å². The number of aromatic amines is 1. The van der Waals surface area contributed by atoms with Gasteiger partial charge in [-0.1, -0.05) is 29.8 Å². The van der Waals surface area contributed by atoms with Gasteiger partial charge in [-0.05, 0) is 41.6 Å².